The number of hydrogen-bond donors (Lipinski definition) is 2. The third-order valence-corrected chi connectivity index (χ3v) is 3.35. The maximum absolute atomic E-state index is 13.6. The summed E-state index contributed by atoms with van der Waals surface area (Å²) in [5.74, 6) is 3.19. The minimum atomic E-state index is -1.07. The molecule has 0 fully saturated rings. The van der Waals surface area contributed by atoms with Gasteiger partial charge in [0.25, 0.3) is 0 Å². The number of halogens is 2. The number of ether oxygens (including phenoxy) is 1. The van der Waals surface area contributed by atoms with Crippen molar-refractivity contribution in [2.75, 3.05) is 5.43 Å². The molecule has 0 aliphatic rings. The lowest BCUT2D eigenvalue weighted by Gasteiger charge is -2.08. The van der Waals surface area contributed by atoms with Gasteiger partial charge in [-0.05, 0) is 23.6 Å². The third kappa shape index (κ3) is 2.15. The van der Waals surface area contributed by atoms with Crippen molar-refractivity contribution in [3.8, 4) is 11.6 Å². The minimum Gasteiger partial charge on any atom is -0.435 e. The van der Waals surface area contributed by atoms with E-state index in [0.717, 1.165) is 6.07 Å². The van der Waals surface area contributed by atoms with Gasteiger partial charge in [-0.15, -0.1) is 11.3 Å². The quantitative estimate of drug-likeness (QED) is 0.574. The predicted molar refractivity (Wildman–Crippen MR) is 71.7 cm³/mol. The number of hydrazine groups is 1. The van der Waals surface area contributed by atoms with Gasteiger partial charge in [-0.3, -0.25) is 5.43 Å². The van der Waals surface area contributed by atoms with E-state index in [1.54, 1.807) is 11.4 Å². The molecular formula is C12H8F2N4OS. The maximum atomic E-state index is 13.6. The Morgan fingerprint density at radius 3 is 2.85 bits per heavy atom. The molecule has 0 aliphatic heterocycles. The first-order chi connectivity index (χ1) is 9.69. The number of rotatable bonds is 3. The molecule has 0 radical (unpaired) electrons. The average Bonchev–Trinajstić information content (AvgIpc) is 2.92. The van der Waals surface area contributed by atoms with E-state index in [1.165, 1.54) is 23.5 Å². The molecule has 0 unspecified atom stereocenters. The monoisotopic (exact) mass is 294 g/mol. The summed E-state index contributed by atoms with van der Waals surface area (Å²) in [6.45, 7) is 0. The van der Waals surface area contributed by atoms with Gasteiger partial charge in [0.05, 0.1) is 5.39 Å². The zero-order valence-corrected chi connectivity index (χ0v) is 10.7. The Labute approximate surface area is 116 Å². The summed E-state index contributed by atoms with van der Waals surface area (Å²) in [5, 5.41) is 2.38. The van der Waals surface area contributed by atoms with E-state index in [0.29, 0.717) is 10.2 Å². The largest absolute Gasteiger partial charge is 0.435 e. The van der Waals surface area contributed by atoms with Gasteiger partial charge in [-0.25, -0.2) is 15.2 Å². The molecule has 102 valence electrons. The van der Waals surface area contributed by atoms with Crippen molar-refractivity contribution >= 4 is 27.5 Å². The van der Waals surface area contributed by atoms with Crippen molar-refractivity contribution in [2.45, 2.75) is 0 Å². The highest BCUT2D eigenvalue weighted by atomic mass is 32.1. The van der Waals surface area contributed by atoms with Crippen LogP contribution in [0.25, 0.3) is 10.2 Å². The number of fused-ring (bicyclic) bond motifs is 1. The molecule has 3 N–H and O–H groups in total. The Kier molecular flexibility index (Phi) is 3.17. The fourth-order valence-electron chi connectivity index (χ4n) is 1.64. The number of nitrogen functional groups attached to an aromatic ring is 1. The van der Waals surface area contributed by atoms with Gasteiger partial charge >= 0.3 is 0 Å². The smallest absolute Gasteiger partial charge is 0.241 e. The number of nitrogens with two attached hydrogens (primary N) is 1. The van der Waals surface area contributed by atoms with Crippen LogP contribution in [0.4, 0.5) is 14.7 Å². The zero-order chi connectivity index (χ0) is 14.1. The van der Waals surface area contributed by atoms with Gasteiger partial charge in [-0.2, -0.15) is 9.37 Å². The lowest BCUT2D eigenvalue weighted by atomic mass is 10.3. The van der Waals surface area contributed by atoms with E-state index in [1.807, 2.05) is 0 Å². The highest BCUT2D eigenvalue weighted by Gasteiger charge is 2.14. The molecule has 0 saturated carbocycles. The molecule has 5 nitrogen and oxygen atoms in total. The first-order valence-electron chi connectivity index (χ1n) is 5.53. The lowest BCUT2D eigenvalue weighted by Crippen LogP contribution is -2.10. The summed E-state index contributed by atoms with van der Waals surface area (Å²) in [4.78, 5) is 8.75. The molecule has 0 atom stereocenters. The van der Waals surface area contributed by atoms with Crippen molar-refractivity contribution in [2.24, 2.45) is 5.84 Å². The summed E-state index contributed by atoms with van der Waals surface area (Å²) >= 11 is 1.35. The van der Waals surface area contributed by atoms with Crippen LogP contribution in [0.5, 0.6) is 11.6 Å². The highest BCUT2D eigenvalue weighted by molar-refractivity contribution is 7.16. The maximum Gasteiger partial charge on any atom is 0.241 e. The molecule has 0 spiro atoms. The van der Waals surface area contributed by atoms with Crippen molar-refractivity contribution in [3.05, 3.63) is 41.3 Å². The summed E-state index contributed by atoms with van der Waals surface area (Å²) in [6, 6.07) is 5.40. The fourth-order valence-corrected chi connectivity index (χ4v) is 2.39. The van der Waals surface area contributed by atoms with E-state index in [9.17, 15) is 8.78 Å². The van der Waals surface area contributed by atoms with Crippen molar-refractivity contribution < 1.29 is 13.5 Å². The highest BCUT2D eigenvalue weighted by Crippen LogP contribution is 2.32. The number of thiophene rings is 1. The molecule has 3 rings (SSSR count). The third-order valence-electron chi connectivity index (χ3n) is 2.54. The first kappa shape index (κ1) is 12.7. The van der Waals surface area contributed by atoms with E-state index in [4.69, 9.17) is 10.6 Å². The number of benzene rings is 1. The van der Waals surface area contributed by atoms with Gasteiger partial charge in [0, 0.05) is 0 Å². The molecule has 0 saturated heterocycles. The standard InChI is InChI=1S/C12H8F2N4OS/c13-7-2-1-3-8(9(7)14)19-10-6-4-5-20-11(6)17-12(16-10)18-15/h1-5H,15H2,(H,16,17,18). The van der Waals surface area contributed by atoms with Crippen LogP contribution in [0.1, 0.15) is 0 Å². The zero-order valence-electron chi connectivity index (χ0n) is 9.93. The second kappa shape index (κ2) is 4.99. The van der Waals surface area contributed by atoms with Crippen LogP contribution in [0.2, 0.25) is 0 Å². The summed E-state index contributed by atoms with van der Waals surface area (Å²) < 4.78 is 32.1. The van der Waals surface area contributed by atoms with Gasteiger partial charge < -0.3 is 4.74 Å². The molecular weight excluding hydrogens is 286 g/mol. The summed E-state index contributed by atoms with van der Waals surface area (Å²) in [6.07, 6.45) is 0. The molecule has 1 aromatic carbocycles. The SMILES string of the molecule is NNc1nc(Oc2cccc(F)c2F)c2ccsc2n1. The fraction of sp³-hybridized carbons (Fsp3) is 0. The first-order valence-corrected chi connectivity index (χ1v) is 6.40. The van der Waals surface area contributed by atoms with Crippen molar-refractivity contribution in [3.63, 3.8) is 0 Å². The van der Waals surface area contributed by atoms with Crippen LogP contribution in [-0.2, 0) is 0 Å². The summed E-state index contributed by atoms with van der Waals surface area (Å²) in [5.41, 5.74) is 2.30. The molecule has 0 bridgehead atoms. The molecule has 0 amide bonds. The van der Waals surface area contributed by atoms with Crippen LogP contribution in [0, 0.1) is 11.6 Å². The van der Waals surface area contributed by atoms with Crippen molar-refractivity contribution in [1.29, 1.82) is 0 Å². The van der Waals surface area contributed by atoms with E-state index < -0.39 is 11.6 Å². The number of nitrogens with one attached hydrogen (secondary N) is 1. The number of hydrogen-bond acceptors (Lipinski definition) is 6. The molecule has 3 aromatic rings. The topological polar surface area (TPSA) is 73.1 Å². The van der Waals surface area contributed by atoms with Gasteiger partial charge in [0.1, 0.15) is 4.83 Å². The van der Waals surface area contributed by atoms with Crippen LogP contribution in [0.15, 0.2) is 29.6 Å². The molecule has 0 aliphatic carbocycles. The molecule has 2 heterocycles. The Morgan fingerprint density at radius 2 is 2.05 bits per heavy atom. The molecule has 8 heteroatoms. The Bertz CT molecular complexity index is 777. The second-order valence-electron chi connectivity index (χ2n) is 3.79. The van der Waals surface area contributed by atoms with Gasteiger partial charge in [-0.1, -0.05) is 6.07 Å². The number of anilines is 1. The minimum absolute atomic E-state index is 0.105. The van der Waals surface area contributed by atoms with Crippen LogP contribution in [-0.4, -0.2) is 9.97 Å². The Hall–Kier alpha value is -2.32. The normalized spacial score (nSPS) is 10.8. The Balaban J connectivity index is 2.10. The lowest BCUT2D eigenvalue weighted by molar-refractivity contribution is 0.409. The van der Waals surface area contributed by atoms with E-state index in [-0.39, 0.29) is 17.6 Å². The van der Waals surface area contributed by atoms with Crippen LogP contribution in [0.3, 0.4) is 0 Å². The Morgan fingerprint density at radius 1 is 1.20 bits per heavy atom. The van der Waals surface area contributed by atoms with Crippen LogP contribution >= 0.6 is 11.3 Å². The molecule has 2 aromatic heterocycles. The van der Waals surface area contributed by atoms with E-state index in [2.05, 4.69) is 15.4 Å². The van der Waals surface area contributed by atoms with Gasteiger partial charge in [0.2, 0.25) is 17.6 Å². The van der Waals surface area contributed by atoms with Crippen molar-refractivity contribution in [1.82, 2.24) is 9.97 Å². The van der Waals surface area contributed by atoms with Gasteiger partial charge in [0.15, 0.2) is 11.6 Å². The van der Waals surface area contributed by atoms with Crippen LogP contribution < -0.4 is 16.0 Å². The van der Waals surface area contributed by atoms with E-state index >= 15 is 0 Å². The predicted octanol–water partition coefficient (Wildman–Crippen LogP) is 3.05. The average molecular weight is 294 g/mol. The number of aromatic nitrogens is 2. The summed E-state index contributed by atoms with van der Waals surface area (Å²) in [7, 11) is 0. The second-order valence-corrected chi connectivity index (χ2v) is 4.68. The number of nitrogens with zero attached hydrogens (tertiary/aromatic N) is 2. The molecule has 20 heavy (non-hydrogen) atoms.